The van der Waals surface area contributed by atoms with E-state index in [1.807, 2.05) is 16.7 Å². The molecule has 1 amide bonds. The molecular weight excluding hydrogens is 248 g/mol. The molecule has 0 aromatic carbocycles. The van der Waals surface area contributed by atoms with E-state index in [4.69, 9.17) is 9.84 Å². The van der Waals surface area contributed by atoms with Crippen LogP contribution in [0.1, 0.15) is 26.7 Å². The normalized spacial score (nSPS) is 18.3. The van der Waals surface area contributed by atoms with Crippen molar-refractivity contribution >= 4 is 11.9 Å². The molecule has 0 bridgehead atoms. The molecule has 19 heavy (non-hydrogen) atoms. The molecule has 6 heteroatoms. The zero-order chi connectivity index (χ0) is 14.3. The number of rotatable bonds is 7. The highest BCUT2D eigenvalue weighted by Gasteiger charge is 2.26. The summed E-state index contributed by atoms with van der Waals surface area (Å²) in [5.41, 5.74) is 0. The number of nitrogens with zero attached hydrogens (tertiary/aromatic N) is 2. The molecule has 6 nitrogen and oxygen atoms in total. The quantitative estimate of drug-likeness (QED) is 0.680. The van der Waals surface area contributed by atoms with Crippen molar-refractivity contribution < 1.29 is 19.4 Å². The van der Waals surface area contributed by atoms with Crippen LogP contribution in [0.2, 0.25) is 0 Å². The van der Waals surface area contributed by atoms with E-state index in [2.05, 4.69) is 0 Å². The third-order valence-corrected chi connectivity index (χ3v) is 3.46. The molecule has 1 atom stereocenters. The Bertz CT molecular complexity index is 301. The fourth-order valence-electron chi connectivity index (χ4n) is 2.14. The summed E-state index contributed by atoms with van der Waals surface area (Å²) in [6.45, 7) is 7.41. The van der Waals surface area contributed by atoms with Gasteiger partial charge in [0.25, 0.3) is 0 Å². The first kappa shape index (κ1) is 15.9. The van der Waals surface area contributed by atoms with Gasteiger partial charge in [0, 0.05) is 45.8 Å². The summed E-state index contributed by atoms with van der Waals surface area (Å²) in [6.07, 6.45) is 1.26. The Morgan fingerprint density at radius 2 is 1.89 bits per heavy atom. The lowest BCUT2D eigenvalue weighted by atomic mass is 10.2. The molecule has 1 aliphatic rings. The predicted octanol–water partition coefficient (Wildman–Crippen LogP) is 0.420. The highest BCUT2D eigenvalue weighted by Crippen LogP contribution is 2.08. The second kappa shape index (κ2) is 8.12. The van der Waals surface area contributed by atoms with Crippen molar-refractivity contribution in [1.29, 1.82) is 0 Å². The van der Waals surface area contributed by atoms with Crippen molar-refractivity contribution in [3.8, 4) is 0 Å². The van der Waals surface area contributed by atoms with Gasteiger partial charge in [0.2, 0.25) is 5.91 Å². The minimum Gasteiger partial charge on any atom is -0.480 e. The van der Waals surface area contributed by atoms with E-state index in [0.29, 0.717) is 45.8 Å². The lowest BCUT2D eigenvalue weighted by Crippen LogP contribution is -2.53. The van der Waals surface area contributed by atoms with Gasteiger partial charge in [0.1, 0.15) is 6.04 Å². The van der Waals surface area contributed by atoms with Crippen molar-refractivity contribution in [1.82, 2.24) is 9.80 Å². The Hall–Kier alpha value is -1.14. The van der Waals surface area contributed by atoms with E-state index in [0.717, 1.165) is 6.42 Å². The maximum atomic E-state index is 11.9. The minimum absolute atomic E-state index is 0.141. The minimum atomic E-state index is -0.809. The first-order valence-corrected chi connectivity index (χ1v) is 6.88. The van der Waals surface area contributed by atoms with Gasteiger partial charge in [-0.1, -0.05) is 0 Å². The molecule has 1 saturated heterocycles. The van der Waals surface area contributed by atoms with E-state index in [1.165, 1.54) is 0 Å². The van der Waals surface area contributed by atoms with Crippen LogP contribution in [0.5, 0.6) is 0 Å². The third-order valence-electron chi connectivity index (χ3n) is 3.46. The lowest BCUT2D eigenvalue weighted by Gasteiger charge is -2.36. The van der Waals surface area contributed by atoms with Crippen LogP contribution in [0.3, 0.4) is 0 Å². The van der Waals surface area contributed by atoms with Crippen LogP contribution in [-0.4, -0.2) is 72.2 Å². The molecule has 0 aromatic rings. The van der Waals surface area contributed by atoms with Crippen LogP contribution in [0.4, 0.5) is 0 Å². The summed E-state index contributed by atoms with van der Waals surface area (Å²) < 4.78 is 5.20. The molecule has 0 radical (unpaired) electrons. The molecule has 1 aliphatic heterocycles. The Morgan fingerprint density at radius 3 is 2.42 bits per heavy atom. The maximum absolute atomic E-state index is 11.9. The van der Waals surface area contributed by atoms with Gasteiger partial charge in [-0.25, -0.2) is 0 Å². The summed E-state index contributed by atoms with van der Waals surface area (Å²) in [7, 11) is 0. The van der Waals surface area contributed by atoms with Gasteiger partial charge < -0.3 is 14.7 Å². The zero-order valence-electron chi connectivity index (χ0n) is 11.8. The number of amides is 1. The first-order chi connectivity index (χ1) is 9.06. The van der Waals surface area contributed by atoms with Gasteiger partial charge in [-0.15, -0.1) is 0 Å². The van der Waals surface area contributed by atoms with Crippen molar-refractivity contribution in [2.75, 3.05) is 39.4 Å². The molecule has 0 saturated carbocycles. The van der Waals surface area contributed by atoms with Crippen molar-refractivity contribution in [2.24, 2.45) is 0 Å². The standard InChI is InChI=1S/C13H24N2O4/c1-3-19-10-4-5-12(16)15-8-6-14(7-9-15)11(2)13(17)18/h11H,3-10H2,1-2H3,(H,17,18). The van der Waals surface area contributed by atoms with E-state index >= 15 is 0 Å². The molecule has 1 unspecified atom stereocenters. The highest BCUT2D eigenvalue weighted by molar-refractivity contribution is 5.76. The van der Waals surface area contributed by atoms with Crippen LogP contribution in [-0.2, 0) is 14.3 Å². The highest BCUT2D eigenvalue weighted by atomic mass is 16.5. The summed E-state index contributed by atoms with van der Waals surface area (Å²) in [5.74, 6) is -0.668. The van der Waals surface area contributed by atoms with Gasteiger partial charge in [-0.3, -0.25) is 14.5 Å². The number of carbonyl (C=O) groups excluding carboxylic acids is 1. The molecule has 1 rings (SSSR count). The summed E-state index contributed by atoms with van der Waals surface area (Å²) in [4.78, 5) is 26.5. The van der Waals surface area contributed by atoms with Crippen LogP contribution in [0.25, 0.3) is 0 Å². The lowest BCUT2D eigenvalue weighted by molar-refractivity contribution is -0.144. The SMILES string of the molecule is CCOCCCC(=O)N1CCN(C(C)C(=O)O)CC1. The molecule has 0 spiro atoms. The monoisotopic (exact) mass is 272 g/mol. The van der Waals surface area contributed by atoms with Crippen LogP contribution in [0, 0.1) is 0 Å². The smallest absolute Gasteiger partial charge is 0.320 e. The van der Waals surface area contributed by atoms with Crippen LogP contribution < -0.4 is 0 Å². The number of hydrogen-bond acceptors (Lipinski definition) is 4. The molecular formula is C13H24N2O4. The zero-order valence-corrected chi connectivity index (χ0v) is 11.8. The topological polar surface area (TPSA) is 70.1 Å². The molecule has 0 aromatic heterocycles. The summed E-state index contributed by atoms with van der Waals surface area (Å²) >= 11 is 0. The van der Waals surface area contributed by atoms with Gasteiger partial charge in [-0.05, 0) is 20.3 Å². The van der Waals surface area contributed by atoms with E-state index in [9.17, 15) is 9.59 Å². The van der Waals surface area contributed by atoms with E-state index in [-0.39, 0.29) is 5.91 Å². The average molecular weight is 272 g/mol. The summed E-state index contributed by atoms with van der Waals surface area (Å²) in [6, 6.07) is -0.477. The van der Waals surface area contributed by atoms with Gasteiger partial charge in [0.05, 0.1) is 0 Å². The molecule has 1 heterocycles. The molecule has 1 fully saturated rings. The second-order valence-electron chi connectivity index (χ2n) is 4.73. The van der Waals surface area contributed by atoms with Crippen LogP contribution >= 0.6 is 0 Å². The Kier molecular flexibility index (Phi) is 6.80. The Labute approximate surface area is 114 Å². The van der Waals surface area contributed by atoms with Crippen molar-refractivity contribution in [3.05, 3.63) is 0 Å². The van der Waals surface area contributed by atoms with Gasteiger partial charge >= 0.3 is 5.97 Å². The predicted molar refractivity (Wildman–Crippen MR) is 71.0 cm³/mol. The third kappa shape index (κ3) is 5.16. The Morgan fingerprint density at radius 1 is 1.26 bits per heavy atom. The summed E-state index contributed by atoms with van der Waals surface area (Å²) in [5, 5.41) is 8.94. The number of hydrogen-bond donors (Lipinski definition) is 1. The average Bonchev–Trinajstić information content (AvgIpc) is 2.42. The fraction of sp³-hybridized carbons (Fsp3) is 0.846. The number of aliphatic carboxylic acids is 1. The van der Waals surface area contributed by atoms with Crippen LogP contribution in [0.15, 0.2) is 0 Å². The largest absolute Gasteiger partial charge is 0.480 e. The molecule has 0 aliphatic carbocycles. The van der Waals surface area contributed by atoms with Crippen molar-refractivity contribution in [2.45, 2.75) is 32.7 Å². The number of piperazine rings is 1. The van der Waals surface area contributed by atoms with E-state index < -0.39 is 12.0 Å². The number of carboxylic acids is 1. The Balaban J connectivity index is 2.25. The first-order valence-electron chi connectivity index (χ1n) is 6.88. The van der Waals surface area contributed by atoms with E-state index in [1.54, 1.807) is 6.92 Å². The van der Waals surface area contributed by atoms with Gasteiger partial charge in [-0.2, -0.15) is 0 Å². The number of ether oxygens (including phenoxy) is 1. The fourth-order valence-corrected chi connectivity index (χ4v) is 2.14. The maximum Gasteiger partial charge on any atom is 0.320 e. The van der Waals surface area contributed by atoms with Crippen molar-refractivity contribution in [3.63, 3.8) is 0 Å². The number of carboxylic acid groups (broad SMARTS) is 1. The number of carbonyl (C=O) groups is 2. The second-order valence-corrected chi connectivity index (χ2v) is 4.73. The molecule has 110 valence electrons. The molecule has 1 N–H and O–H groups in total. The van der Waals surface area contributed by atoms with Gasteiger partial charge in [0.15, 0.2) is 0 Å².